The molecule has 0 saturated carbocycles. The Bertz CT molecular complexity index is 329. The zero-order valence-corrected chi connectivity index (χ0v) is 12.5. The molecule has 0 N–H and O–H groups in total. The fourth-order valence-electron chi connectivity index (χ4n) is 1.98. The Balaban J connectivity index is 2.66. The van der Waals surface area contributed by atoms with Crippen molar-refractivity contribution in [1.82, 2.24) is 0 Å². The molecule has 17 heavy (non-hydrogen) atoms. The van der Waals surface area contributed by atoms with Crippen LogP contribution in [0.4, 0.5) is 0 Å². The van der Waals surface area contributed by atoms with Crippen molar-refractivity contribution in [2.45, 2.75) is 49.4 Å². The van der Waals surface area contributed by atoms with Crippen molar-refractivity contribution in [2.75, 3.05) is 0 Å². The van der Waals surface area contributed by atoms with E-state index < -0.39 is 15.4 Å². The van der Waals surface area contributed by atoms with Crippen LogP contribution in [0.15, 0.2) is 11.6 Å². The summed E-state index contributed by atoms with van der Waals surface area (Å²) in [6, 6.07) is 0. The van der Waals surface area contributed by atoms with Gasteiger partial charge in [-0.05, 0) is 40.0 Å². The van der Waals surface area contributed by atoms with Gasteiger partial charge in [-0.1, -0.05) is 46.5 Å². The predicted octanol–water partition coefficient (Wildman–Crippen LogP) is 4.42. The predicted molar refractivity (Wildman–Crippen MR) is 71.6 cm³/mol. The van der Waals surface area contributed by atoms with Crippen LogP contribution in [-0.4, -0.2) is 15.4 Å². The van der Waals surface area contributed by atoms with Crippen LogP contribution >= 0.6 is 34.8 Å². The molecule has 0 aromatic heterocycles. The van der Waals surface area contributed by atoms with Gasteiger partial charge in [0.25, 0.3) is 3.79 Å². The Morgan fingerprint density at radius 2 is 2.00 bits per heavy atom. The first-order valence-electron chi connectivity index (χ1n) is 5.58. The number of hydrogen-bond donors (Lipinski definition) is 0. The van der Waals surface area contributed by atoms with Gasteiger partial charge in [0.05, 0.1) is 0 Å². The third kappa shape index (κ3) is 4.35. The van der Waals surface area contributed by atoms with E-state index >= 15 is 0 Å². The van der Waals surface area contributed by atoms with Gasteiger partial charge in [0, 0.05) is 5.92 Å². The number of halogens is 3. The molecule has 1 unspecified atom stereocenters. The third-order valence-corrected chi connectivity index (χ3v) is 3.67. The Labute approximate surface area is 117 Å². The lowest BCUT2D eigenvalue weighted by atomic mass is 9.79. The lowest BCUT2D eigenvalue weighted by molar-refractivity contribution is -0.160. The molecule has 0 bridgehead atoms. The highest BCUT2D eigenvalue weighted by Gasteiger charge is 2.40. The van der Waals surface area contributed by atoms with Gasteiger partial charge in [-0.15, -0.1) is 0 Å². The molecule has 1 rings (SSSR count). The van der Waals surface area contributed by atoms with Crippen molar-refractivity contribution < 1.29 is 9.53 Å². The summed E-state index contributed by atoms with van der Waals surface area (Å²) in [5.41, 5.74) is 0.767. The number of alkyl halides is 3. The van der Waals surface area contributed by atoms with Crippen molar-refractivity contribution in [3.8, 4) is 0 Å². The van der Waals surface area contributed by atoms with Gasteiger partial charge in [-0.25, -0.2) is 4.79 Å². The van der Waals surface area contributed by atoms with Gasteiger partial charge >= 0.3 is 5.97 Å². The number of rotatable bonds is 2. The van der Waals surface area contributed by atoms with E-state index in [1.807, 2.05) is 13.8 Å². The molecule has 0 amide bonds. The van der Waals surface area contributed by atoms with Crippen LogP contribution < -0.4 is 0 Å². The second-order valence-corrected chi connectivity index (χ2v) is 7.29. The number of allylic oxidation sites excluding steroid dienone is 2. The van der Waals surface area contributed by atoms with E-state index in [1.54, 1.807) is 0 Å². The zero-order chi connectivity index (χ0) is 13.3. The Kier molecular flexibility index (Phi) is 4.79. The second-order valence-electron chi connectivity index (χ2n) is 5.01. The van der Waals surface area contributed by atoms with Crippen LogP contribution in [-0.2, 0) is 9.53 Å². The maximum absolute atomic E-state index is 11.6. The van der Waals surface area contributed by atoms with Crippen molar-refractivity contribution in [1.29, 1.82) is 0 Å². The standard InChI is InChI=1S/C12H17Cl3O2/c1-8-4-6-9(7-5-8)11(2,3)17-10(16)12(13,14)15/h4,9H,5-7H2,1-3H3. The first kappa shape index (κ1) is 15.1. The summed E-state index contributed by atoms with van der Waals surface area (Å²) < 4.78 is 3.31. The van der Waals surface area contributed by atoms with Gasteiger partial charge in [0.2, 0.25) is 0 Å². The summed E-state index contributed by atoms with van der Waals surface area (Å²) in [6.07, 6.45) is 5.09. The van der Waals surface area contributed by atoms with E-state index in [4.69, 9.17) is 39.5 Å². The van der Waals surface area contributed by atoms with Crippen LogP contribution in [0.5, 0.6) is 0 Å². The Hall–Kier alpha value is 0.0800. The quantitative estimate of drug-likeness (QED) is 0.428. The first-order chi connectivity index (χ1) is 7.63. The lowest BCUT2D eigenvalue weighted by Crippen LogP contribution is -2.40. The Morgan fingerprint density at radius 1 is 1.41 bits per heavy atom. The van der Waals surface area contributed by atoms with E-state index in [0.717, 1.165) is 19.3 Å². The molecule has 0 aromatic rings. The summed E-state index contributed by atoms with van der Waals surface area (Å²) in [6.45, 7) is 5.83. The van der Waals surface area contributed by atoms with Crippen LogP contribution in [0.2, 0.25) is 0 Å². The molecular formula is C12H17Cl3O2. The van der Waals surface area contributed by atoms with Crippen LogP contribution in [0.25, 0.3) is 0 Å². The number of carbonyl (C=O) groups is 1. The number of ether oxygens (including phenoxy) is 1. The first-order valence-corrected chi connectivity index (χ1v) is 6.72. The van der Waals surface area contributed by atoms with E-state index in [1.165, 1.54) is 5.57 Å². The van der Waals surface area contributed by atoms with Gasteiger partial charge in [0.15, 0.2) is 0 Å². The maximum atomic E-state index is 11.6. The number of carbonyl (C=O) groups excluding carboxylic acids is 1. The zero-order valence-electron chi connectivity index (χ0n) is 10.2. The molecule has 0 fully saturated rings. The van der Waals surface area contributed by atoms with Crippen molar-refractivity contribution in [3.05, 3.63) is 11.6 Å². The van der Waals surface area contributed by atoms with Gasteiger partial charge in [0.1, 0.15) is 5.60 Å². The molecule has 0 radical (unpaired) electrons. The average Bonchev–Trinajstić information content (AvgIpc) is 2.16. The van der Waals surface area contributed by atoms with Gasteiger partial charge in [-0.2, -0.15) is 0 Å². The SMILES string of the molecule is CC1=CCC(C(C)(C)OC(=O)C(Cl)(Cl)Cl)CC1. The molecule has 0 spiro atoms. The summed E-state index contributed by atoms with van der Waals surface area (Å²) in [5.74, 6) is -0.540. The number of esters is 1. The highest BCUT2D eigenvalue weighted by atomic mass is 35.6. The van der Waals surface area contributed by atoms with E-state index in [2.05, 4.69) is 13.0 Å². The summed E-state index contributed by atoms with van der Waals surface area (Å²) in [5, 5.41) is 0. The van der Waals surface area contributed by atoms with Gasteiger partial charge in [-0.3, -0.25) is 0 Å². The average molecular weight is 300 g/mol. The molecule has 1 atom stereocenters. The topological polar surface area (TPSA) is 26.3 Å². The molecule has 98 valence electrons. The van der Waals surface area contributed by atoms with Crippen LogP contribution in [0.3, 0.4) is 0 Å². The van der Waals surface area contributed by atoms with E-state index in [0.29, 0.717) is 0 Å². The monoisotopic (exact) mass is 298 g/mol. The van der Waals surface area contributed by atoms with Crippen molar-refractivity contribution >= 4 is 40.8 Å². The molecule has 1 aliphatic carbocycles. The highest BCUT2D eigenvalue weighted by molar-refractivity contribution is 6.75. The smallest absolute Gasteiger partial charge is 0.359 e. The second kappa shape index (κ2) is 5.38. The minimum Gasteiger partial charge on any atom is -0.456 e. The van der Waals surface area contributed by atoms with Gasteiger partial charge < -0.3 is 4.74 Å². The summed E-state index contributed by atoms with van der Waals surface area (Å²) >= 11 is 16.5. The number of hydrogen-bond acceptors (Lipinski definition) is 2. The fraction of sp³-hybridized carbons (Fsp3) is 0.750. The minimum atomic E-state index is -2.00. The minimum absolute atomic E-state index is 0.266. The van der Waals surface area contributed by atoms with Crippen LogP contribution in [0, 0.1) is 5.92 Å². The molecule has 5 heteroatoms. The molecule has 2 nitrogen and oxygen atoms in total. The molecule has 0 saturated heterocycles. The molecule has 0 aliphatic heterocycles. The Morgan fingerprint density at radius 3 is 2.41 bits per heavy atom. The third-order valence-electron chi connectivity index (χ3n) is 3.21. The fourth-order valence-corrected chi connectivity index (χ4v) is 2.09. The highest BCUT2D eigenvalue weighted by Crippen LogP contribution is 2.37. The van der Waals surface area contributed by atoms with Crippen molar-refractivity contribution in [3.63, 3.8) is 0 Å². The largest absolute Gasteiger partial charge is 0.456 e. The molecule has 1 aliphatic rings. The van der Waals surface area contributed by atoms with Crippen molar-refractivity contribution in [2.24, 2.45) is 5.92 Å². The maximum Gasteiger partial charge on any atom is 0.359 e. The normalized spacial score (nSPS) is 22.0. The van der Waals surface area contributed by atoms with Crippen LogP contribution in [0.1, 0.15) is 40.0 Å². The molecule has 0 aromatic carbocycles. The van der Waals surface area contributed by atoms with E-state index in [-0.39, 0.29) is 5.92 Å². The summed E-state index contributed by atoms with van der Waals surface area (Å²) in [7, 11) is 0. The molecule has 0 heterocycles. The summed E-state index contributed by atoms with van der Waals surface area (Å²) in [4.78, 5) is 11.6. The lowest BCUT2D eigenvalue weighted by Gasteiger charge is -2.36. The van der Waals surface area contributed by atoms with E-state index in [9.17, 15) is 4.79 Å². The molecular weight excluding hydrogens is 282 g/mol.